The first-order valence-electron chi connectivity index (χ1n) is 10.8. The van der Waals surface area contributed by atoms with E-state index in [2.05, 4.69) is 0 Å². The third kappa shape index (κ3) is 8.61. The first-order valence-corrected chi connectivity index (χ1v) is 10.8. The van der Waals surface area contributed by atoms with Gasteiger partial charge in [0.2, 0.25) is 11.8 Å². The second-order valence-electron chi connectivity index (χ2n) is 7.69. The van der Waals surface area contributed by atoms with Crippen molar-refractivity contribution in [1.29, 1.82) is 0 Å². The van der Waals surface area contributed by atoms with Crippen LogP contribution in [0.1, 0.15) is 89.9 Å². The minimum atomic E-state index is -0.735. The van der Waals surface area contributed by atoms with Gasteiger partial charge in [-0.3, -0.25) is 19.3 Å². The molecule has 1 rings (SSSR count). The molecule has 0 saturated carbocycles. The van der Waals surface area contributed by atoms with E-state index in [-0.39, 0.29) is 30.4 Å². The van der Waals surface area contributed by atoms with E-state index < -0.39 is 12.1 Å². The van der Waals surface area contributed by atoms with Crippen molar-refractivity contribution in [1.82, 2.24) is 4.90 Å². The number of Topliss-reactive ketones (excluding diaryl/α,β-unsaturated/α-hetero) is 1. The van der Waals surface area contributed by atoms with Crippen molar-refractivity contribution < 1.29 is 19.2 Å². The Balaban J connectivity index is 2.61. The molecule has 0 aromatic carbocycles. The molecule has 160 valence electrons. The summed E-state index contributed by atoms with van der Waals surface area (Å²) < 4.78 is 0. The normalized spacial score (nSPS) is 20.3. The number of imide groups is 1. The average molecular weight is 396 g/mol. The number of nitrogens with zero attached hydrogens (tertiary/aromatic N) is 1. The summed E-state index contributed by atoms with van der Waals surface area (Å²) >= 11 is 0. The number of amides is 2. The maximum Gasteiger partial charge on any atom is 0.229 e. The molecule has 0 spiro atoms. The molecule has 1 unspecified atom stereocenters. The second kappa shape index (κ2) is 14.4. The number of unbranched alkanes of at least 4 members (excludes halogenated alkanes) is 8. The van der Waals surface area contributed by atoms with Crippen molar-refractivity contribution >= 4 is 23.9 Å². The van der Waals surface area contributed by atoms with Crippen molar-refractivity contribution in [3.63, 3.8) is 0 Å². The molecule has 0 radical (unpaired) electrons. The predicted molar refractivity (Wildman–Crippen MR) is 108 cm³/mol. The number of hydrogen-bond acceptors (Lipinski definition) is 6. The fourth-order valence-corrected chi connectivity index (χ4v) is 3.66. The predicted octanol–water partition coefficient (Wildman–Crippen LogP) is 2.24. The molecule has 0 aromatic rings. The van der Waals surface area contributed by atoms with E-state index in [1.165, 1.54) is 4.90 Å². The summed E-state index contributed by atoms with van der Waals surface area (Å²) in [4.78, 5) is 49.6. The van der Waals surface area contributed by atoms with E-state index in [9.17, 15) is 19.2 Å². The molecule has 1 saturated heterocycles. The summed E-state index contributed by atoms with van der Waals surface area (Å²) in [5, 5.41) is 0. The third-order valence-electron chi connectivity index (χ3n) is 5.36. The largest absolute Gasteiger partial charge is 0.330 e. The van der Waals surface area contributed by atoms with E-state index >= 15 is 0 Å². The van der Waals surface area contributed by atoms with Gasteiger partial charge in [0, 0.05) is 19.3 Å². The van der Waals surface area contributed by atoms with Crippen LogP contribution >= 0.6 is 0 Å². The maximum atomic E-state index is 12.7. The molecule has 0 aromatic heterocycles. The van der Waals surface area contributed by atoms with Gasteiger partial charge in [-0.05, 0) is 38.6 Å². The van der Waals surface area contributed by atoms with Gasteiger partial charge >= 0.3 is 0 Å². The highest BCUT2D eigenvalue weighted by atomic mass is 16.2. The van der Waals surface area contributed by atoms with Gasteiger partial charge in [-0.25, -0.2) is 0 Å². The lowest BCUT2D eigenvalue weighted by Crippen LogP contribution is -2.50. The van der Waals surface area contributed by atoms with Crippen LogP contribution in [-0.2, 0) is 19.2 Å². The van der Waals surface area contributed by atoms with Crippen LogP contribution in [0.4, 0.5) is 0 Å². The fourth-order valence-electron chi connectivity index (χ4n) is 3.66. The summed E-state index contributed by atoms with van der Waals surface area (Å²) in [5.74, 6) is -0.729. The van der Waals surface area contributed by atoms with Crippen molar-refractivity contribution in [3.05, 3.63) is 0 Å². The number of rotatable bonds is 14. The standard InChI is InChI=1S/C21H37N3O4/c22-15-9-5-1-4-8-12-19(26)24-18(11-7-3-2-6-10-16-25)21(28)17(23)13-14-20(24)27/h16-18H,1-15,22-23H2/t17-,18?/m0/s1. The Labute approximate surface area is 168 Å². The first kappa shape index (κ1) is 24.4. The van der Waals surface area contributed by atoms with Gasteiger partial charge in [0.15, 0.2) is 5.78 Å². The number of ketones is 1. The van der Waals surface area contributed by atoms with Gasteiger partial charge in [-0.1, -0.05) is 38.5 Å². The molecular formula is C21H37N3O4. The molecule has 7 heteroatoms. The van der Waals surface area contributed by atoms with Gasteiger partial charge in [-0.15, -0.1) is 0 Å². The van der Waals surface area contributed by atoms with E-state index in [1.54, 1.807) is 0 Å². The van der Waals surface area contributed by atoms with E-state index in [0.29, 0.717) is 32.2 Å². The molecule has 2 atom stereocenters. The van der Waals surface area contributed by atoms with Crippen LogP contribution in [-0.4, -0.2) is 47.4 Å². The van der Waals surface area contributed by atoms with Crippen molar-refractivity contribution in [2.75, 3.05) is 6.54 Å². The average Bonchev–Trinajstić information content (AvgIpc) is 2.79. The number of nitrogens with two attached hydrogens (primary N) is 2. The minimum absolute atomic E-state index is 0.144. The van der Waals surface area contributed by atoms with Gasteiger partial charge in [0.1, 0.15) is 6.29 Å². The summed E-state index contributed by atoms with van der Waals surface area (Å²) in [5.41, 5.74) is 11.4. The molecular weight excluding hydrogens is 358 g/mol. The van der Waals surface area contributed by atoms with Gasteiger partial charge in [0.05, 0.1) is 12.1 Å². The lowest BCUT2D eigenvalue weighted by Gasteiger charge is -2.28. The summed E-state index contributed by atoms with van der Waals surface area (Å²) in [6.45, 7) is 0.681. The van der Waals surface area contributed by atoms with Gasteiger partial charge in [0.25, 0.3) is 0 Å². The summed E-state index contributed by atoms with van der Waals surface area (Å²) in [6.07, 6.45) is 10.7. The maximum absolute atomic E-state index is 12.7. The number of aldehydes is 1. The molecule has 2 amide bonds. The highest BCUT2D eigenvalue weighted by Gasteiger charge is 2.38. The zero-order valence-electron chi connectivity index (χ0n) is 17.1. The molecule has 4 N–H and O–H groups in total. The third-order valence-corrected chi connectivity index (χ3v) is 5.36. The van der Waals surface area contributed by atoms with Crippen LogP contribution in [0.3, 0.4) is 0 Å². The van der Waals surface area contributed by atoms with Crippen LogP contribution in [0.25, 0.3) is 0 Å². The molecule has 1 aliphatic heterocycles. The molecule has 0 bridgehead atoms. The smallest absolute Gasteiger partial charge is 0.229 e. The molecule has 0 aliphatic carbocycles. The highest BCUT2D eigenvalue weighted by molar-refractivity contribution is 6.03. The van der Waals surface area contributed by atoms with Crippen LogP contribution in [0, 0.1) is 0 Å². The fraction of sp³-hybridized carbons (Fsp3) is 0.810. The Bertz CT molecular complexity index is 510. The zero-order valence-corrected chi connectivity index (χ0v) is 17.1. The number of likely N-dealkylation sites (tertiary alicyclic amines) is 1. The van der Waals surface area contributed by atoms with Gasteiger partial charge in [-0.2, -0.15) is 0 Å². The molecule has 7 nitrogen and oxygen atoms in total. The minimum Gasteiger partial charge on any atom is -0.330 e. The number of carbonyl (C=O) groups is 4. The highest BCUT2D eigenvalue weighted by Crippen LogP contribution is 2.22. The SMILES string of the molecule is NCCCCCCCC(=O)N1C(=O)CC[C@H](N)C(=O)C1CCCCCCC=O. The Hall–Kier alpha value is -1.60. The van der Waals surface area contributed by atoms with Gasteiger partial charge < -0.3 is 16.3 Å². The summed E-state index contributed by atoms with van der Waals surface area (Å²) in [7, 11) is 0. The molecule has 1 heterocycles. The first-order chi connectivity index (χ1) is 13.5. The molecule has 1 fully saturated rings. The monoisotopic (exact) mass is 395 g/mol. The zero-order chi connectivity index (χ0) is 20.8. The van der Waals surface area contributed by atoms with Crippen LogP contribution in [0.5, 0.6) is 0 Å². The van der Waals surface area contributed by atoms with Crippen LogP contribution < -0.4 is 11.5 Å². The Kier molecular flexibility index (Phi) is 12.6. The quantitative estimate of drug-likeness (QED) is 0.343. The topological polar surface area (TPSA) is 124 Å². The lowest BCUT2D eigenvalue weighted by atomic mass is 9.97. The van der Waals surface area contributed by atoms with Crippen LogP contribution in [0.15, 0.2) is 0 Å². The Morgan fingerprint density at radius 1 is 1.00 bits per heavy atom. The second-order valence-corrected chi connectivity index (χ2v) is 7.69. The van der Waals surface area contributed by atoms with Crippen LogP contribution in [0.2, 0.25) is 0 Å². The van der Waals surface area contributed by atoms with Crippen molar-refractivity contribution in [2.24, 2.45) is 11.5 Å². The van der Waals surface area contributed by atoms with E-state index in [4.69, 9.17) is 11.5 Å². The molecule has 1 aliphatic rings. The van der Waals surface area contributed by atoms with E-state index in [1.807, 2.05) is 0 Å². The van der Waals surface area contributed by atoms with Crippen molar-refractivity contribution in [3.8, 4) is 0 Å². The van der Waals surface area contributed by atoms with E-state index in [0.717, 1.165) is 57.7 Å². The molecule has 28 heavy (non-hydrogen) atoms. The number of hydrogen-bond donors (Lipinski definition) is 2. The number of carbonyl (C=O) groups excluding carboxylic acids is 4. The van der Waals surface area contributed by atoms with Crippen molar-refractivity contribution in [2.45, 2.75) is 102 Å². The lowest BCUT2D eigenvalue weighted by molar-refractivity contribution is -0.150. The summed E-state index contributed by atoms with van der Waals surface area (Å²) in [6, 6.07) is -1.42. The Morgan fingerprint density at radius 2 is 1.64 bits per heavy atom. The Morgan fingerprint density at radius 3 is 2.36 bits per heavy atom.